The lowest BCUT2D eigenvalue weighted by molar-refractivity contribution is -0.152. The van der Waals surface area contributed by atoms with E-state index in [4.69, 9.17) is 21.1 Å². The number of carbonyl (C=O) groups excluding carboxylic acids is 3. The van der Waals surface area contributed by atoms with Gasteiger partial charge in [-0.05, 0) is 47.5 Å². The number of nitrogens with zero attached hydrogens (tertiary/aromatic N) is 1. The fourth-order valence-electron chi connectivity index (χ4n) is 5.47. The number of amides is 2. The van der Waals surface area contributed by atoms with E-state index in [1.54, 1.807) is 43.5 Å². The molecule has 4 atom stereocenters. The summed E-state index contributed by atoms with van der Waals surface area (Å²) < 4.78 is 10.5. The molecule has 0 radical (unpaired) electrons. The third-order valence-corrected chi connectivity index (χ3v) is 7.34. The quantitative estimate of drug-likeness (QED) is 0.404. The molecule has 2 aliphatic heterocycles. The maximum atomic E-state index is 14.0. The third-order valence-electron chi connectivity index (χ3n) is 7.09. The highest BCUT2D eigenvalue weighted by Gasteiger charge is 2.68. The predicted molar refractivity (Wildman–Crippen MR) is 135 cm³/mol. The fourth-order valence-corrected chi connectivity index (χ4v) is 5.59. The van der Waals surface area contributed by atoms with Crippen LogP contribution in [-0.2, 0) is 25.5 Å². The van der Waals surface area contributed by atoms with Crippen molar-refractivity contribution in [1.82, 2.24) is 5.32 Å². The normalized spacial score (nSPS) is 25.1. The van der Waals surface area contributed by atoms with E-state index in [9.17, 15) is 14.4 Å². The monoisotopic (exact) mass is 504 g/mol. The summed E-state index contributed by atoms with van der Waals surface area (Å²) in [5, 5.41) is 3.89. The van der Waals surface area contributed by atoms with Gasteiger partial charge in [0.05, 0.1) is 31.7 Å². The zero-order valence-corrected chi connectivity index (χ0v) is 20.6. The zero-order chi connectivity index (χ0) is 25.4. The van der Waals surface area contributed by atoms with Gasteiger partial charge in [0.2, 0.25) is 11.8 Å². The summed E-state index contributed by atoms with van der Waals surface area (Å²) in [5.41, 5.74) is 0.577. The van der Waals surface area contributed by atoms with Gasteiger partial charge < -0.3 is 9.47 Å². The van der Waals surface area contributed by atoms with Crippen LogP contribution < -0.4 is 15.0 Å². The number of methoxy groups -OCH3 is 2. The standard InChI is InChI=1S/C28H25ClN2O5/c1-35-21-14-8-18(9-15-21)24-22-23(26(33)31(25(22)32)20-12-10-19(29)11-13-20)28(30-24,27(34)36-2)16-17-6-4-3-5-7-17/h3-15,22-24,30H,16H2,1-2H3. The number of imide groups is 1. The number of esters is 1. The average Bonchev–Trinajstić information content (AvgIpc) is 3.38. The first-order chi connectivity index (χ1) is 17.4. The Morgan fingerprint density at radius 1 is 0.944 bits per heavy atom. The lowest BCUT2D eigenvalue weighted by Crippen LogP contribution is -2.57. The Morgan fingerprint density at radius 2 is 1.61 bits per heavy atom. The van der Waals surface area contributed by atoms with Gasteiger partial charge in [0.1, 0.15) is 11.3 Å². The van der Waals surface area contributed by atoms with Crippen LogP contribution in [0.1, 0.15) is 17.2 Å². The topological polar surface area (TPSA) is 84.9 Å². The Bertz CT molecular complexity index is 1300. The molecule has 8 heteroatoms. The highest BCUT2D eigenvalue weighted by molar-refractivity contribution is 6.31. The number of hydrogen-bond acceptors (Lipinski definition) is 6. The number of hydrogen-bond donors (Lipinski definition) is 1. The van der Waals surface area contributed by atoms with Gasteiger partial charge in [-0.1, -0.05) is 54.1 Å². The second-order valence-electron chi connectivity index (χ2n) is 9.01. The average molecular weight is 505 g/mol. The number of halogens is 1. The summed E-state index contributed by atoms with van der Waals surface area (Å²) in [6.07, 6.45) is 0.182. The van der Waals surface area contributed by atoms with Gasteiger partial charge in [0, 0.05) is 17.5 Å². The van der Waals surface area contributed by atoms with Gasteiger partial charge in [-0.2, -0.15) is 0 Å². The molecule has 0 aromatic heterocycles. The molecular weight excluding hydrogens is 480 g/mol. The number of nitrogens with one attached hydrogen (secondary N) is 1. The summed E-state index contributed by atoms with van der Waals surface area (Å²) in [6.45, 7) is 0. The number of carbonyl (C=O) groups is 3. The van der Waals surface area contributed by atoms with E-state index >= 15 is 0 Å². The van der Waals surface area contributed by atoms with E-state index in [0.29, 0.717) is 16.5 Å². The molecule has 3 aromatic carbocycles. The van der Waals surface area contributed by atoms with Crippen LogP contribution in [0.15, 0.2) is 78.9 Å². The molecule has 2 heterocycles. The van der Waals surface area contributed by atoms with E-state index < -0.39 is 35.3 Å². The van der Waals surface area contributed by atoms with Crippen LogP contribution in [-0.4, -0.2) is 37.5 Å². The van der Waals surface area contributed by atoms with E-state index in [2.05, 4.69) is 5.32 Å². The Balaban J connectivity index is 1.66. The molecule has 2 fully saturated rings. The minimum atomic E-state index is -1.45. The summed E-state index contributed by atoms with van der Waals surface area (Å²) in [6, 6.07) is 22.6. The lowest BCUT2D eigenvalue weighted by atomic mass is 9.76. The van der Waals surface area contributed by atoms with Gasteiger partial charge in [0.25, 0.3) is 0 Å². The van der Waals surface area contributed by atoms with E-state index in [-0.39, 0.29) is 12.3 Å². The Kier molecular flexibility index (Phi) is 6.28. The molecule has 2 saturated heterocycles. The first-order valence-corrected chi connectivity index (χ1v) is 11.9. The molecule has 2 aliphatic rings. The van der Waals surface area contributed by atoms with Crippen molar-refractivity contribution in [3.8, 4) is 5.75 Å². The van der Waals surface area contributed by atoms with Crippen molar-refractivity contribution >= 4 is 35.1 Å². The first-order valence-electron chi connectivity index (χ1n) is 11.6. The number of ether oxygens (including phenoxy) is 2. The molecule has 0 bridgehead atoms. The van der Waals surface area contributed by atoms with Crippen LogP contribution in [0.4, 0.5) is 5.69 Å². The number of fused-ring (bicyclic) bond motifs is 1. The Morgan fingerprint density at radius 3 is 2.22 bits per heavy atom. The van der Waals surface area contributed by atoms with Crippen molar-refractivity contribution in [1.29, 1.82) is 0 Å². The van der Waals surface area contributed by atoms with Crippen LogP contribution in [0.2, 0.25) is 5.02 Å². The minimum Gasteiger partial charge on any atom is -0.497 e. The fraction of sp³-hybridized carbons (Fsp3) is 0.250. The summed E-state index contributed by atoms with van der Waals surface area (Å²) in [7, 11) is 2.87. The van der Waals surface area contributed by atoms with Crippen LogP contribution in [0.3, 0.4) is 0 Å². The van der Waals surface area contributed by atoms with Crippen LogP contribution in [0.25, 0.3) is 0 Å². The van der Waals surface area contributed by atoms with Crippen molar-refractivity contribution < 1.29 is 23.9 Å². The molecule has 1 N–H and O–H groups in total. The molecule has 36 heavy (non-hydrogen) atoms. The Labute approximate surface area is 214 Å². The minimum absolute atomic E-state index is 0.182. The molecule has 3 aromatic rings. The smallest absolute Gasteiger partial charge is 0.327 e. The summed E-state index contributed by atoms with van der Waals surface area (Å²) in [5.74, 6) is -2.54. The van der Waals surface area contributed by atoms with Crippen LogP contribution >= 0.6 is 11.6 Å². The molecule has 5 rings (SSSR count). The van der Waals surface area contributed by atoms with Gasteiger partial charge in [-0.25, -0.2) is 4.90 Å². The number of benzene rings is 3. The lowest BCUT2D eigenvalue weighted by Gasteiger charge is -2.32. The SMILES string of the molecule is COC(=O)C1(Cc2ccccc2)NC(c2ccc(OC)cc2)C2C(=O)N(c3ccc(Cl)cc3)C(=O)C21. The van der Waals surface area contributed by atoms with Crippen molar-refractivity contribution in [3.05, 3.63) is 95.0 Å². The molecule has 0 saturated carbocycles. The molecular formula is C28H25ClN2O5. The summed E-state index contributed by atoms with van der Waals surface area (Å²) in [4.78, 5) is 42.6. The van der Waals surface area contributed by atoms with Gasteiger partial charge in [0.15, 0.2) is 0 Å². The molecule has 2 amide bonds. The second-order valence-corrected chi connectivity index (χ2v) is 9.45. The molecule has 7 nitrogen and oxygen atoms in total. The van der Waals surface area contributed by atoms with Crippen LogP contribution in [0.5, 0.6) is 5.75 Å². The van der Waals surface area contributed by atoms with Crippen LogP contribution in [0, 0.1) is 11.8 Å². The highest BCUT2D eigenvalue weighted by Crippen LogP contribution is 2.51. The molecule has 184 valence electrons. The molecule has 0 spiro atoms. The third kappa shape index (κ3) is 3.85. The number of rotatable bonds is 6. The largest absolute Gasteiger partial charge is 0.497 e. The van der Waals surface area contributed by atoms with E-state index in [1.807, 2.05) is 42.5 Å². The van der Waals surface area contributed by atoms with Crippen molar-refractivity contribution in [2.75, 3.05) is 19.1 Å². The molecule has 4 unspecified atom stereocenters. The van der Waals surface area contributed by atoms with E-state index in [0.717, 1.165) is 11.1 Å². The van der Waals surface area contributed by atoms with Gasteiger partial charge >= 0.3 is 5.97 Å². The van der Waals surface area contributed by atoms with Gasteiger partial charge in [-0.15, -0.1) is 0 Å². The van der Waals surface area contributed by atoms with E-state index in [1.165, 1.54) is 12.0 Å². The Hall–Kier alpha value is -3.68. The van der Waals surface area contributed by atoms with Crippen molar-refractivity contribution in [2.45, 2.75) is 18.0 Å². The van der Waals surface area contributed by atoms with Crippen molar-refractivity contribution in [3.63, 3.8) is 0 Å². The first kappa shape index (κ1) is 24.0. The van der Waals surface area contributed by atoms with Crippen molar-refractivity contribution in [2.24, 2.45) is 11.8 Å². The number of anilines is 1. The predicted octanol–water partition coefficient (Wildman–Crippen LogP) is 3.95. The maximum absolute atomic E-state index is 14.0. The second kappa shape index (κ2) is 9.41. The summed E-state index contributed by atoms with van der Waals surface area (Å²) >= 11 is 6.04. The zero-order valence-electron chi connectivity index (χ0n) is 19.8. The molecule has 0 aliphatic carbocycles. The van der Waals surface area contributed by atoms with Gasteiger partial charge in [-0.3, -0.25) is 19.7 Å². The maximum Gasteiger partial charge on any atom is 0.327 e. The highest BCUT2D eigenvalue weighted by atomic mass is 35.5.